The Morgan fingerprint density at radius 2 is 1.74 bits per heavy atom. The van der Waals surface area contributed by atoms with Crippen LogP contribution in [-0.4, -0.2) is 54.3 Å². The molecule has 2 atom stereocenters. The monoisotopic (exact) mass is 443 g/mol. The smallest absolute Gasteiger partial charge is 0.274 e. The maximum absolute atomic E-state index is 13.6. The minimum Gasteiger partial charge on any atom is -0.372 e. The summed E-state index contributed by atoms with van der Waals surface area (Å²) < 4.78 is 33.9. The van der Waals surface area contributed by atoms with E-state index in [0.29, 0.717) is 34.8 Å². The molecule has 1 saturated carbocycles. The molecule has 0 radical (unpaired) electrons. The average Bonchev–Trinajstić information content (AvgIpc) is 3.12. The fraction of sp³-hybridized carbons (Fsp3) is 0.565. The van der Waals surface area contributed by atoms with E-state index < -0.39 is 9.84 Å². The Kier molecular flexibility index (Phi) is 5.17. The number of fused-ring (bicyclic) bond motifs is 3. The normalized spacial score (nSPS) is 25.7. The van der Waals surface area contributed by atoms with Gasteiger partial charge in [0.05, 0.1) is 34.6 Å². The van der Waals surface area contributed by atoms with Crippen molar-refractivity contribution in [3.8, 4) is 11.3 Å². The predicted octanol–water partition coefficient (Wildman–Crippen LogP) is 3.59. The lowest BCUT2D eigenvalue weighted by molar-refractivity contribution is -0.0587. The van der Waals surface area contributed by atoms with Gasteiger partial charge in [0.2, 0.25) is 0 Å². The van der Waals surface area contributed by atoms with Crippen LogP contribution >= 0.6 is 0 Å². The largest absolute Gasteiger partial charge is 0.372 e. The van der Waals surface area contributed by atoms with E-state index in [0.717, 1.165) is 31.4 Å². The molecule has 1 aromatic heterocycles. The van der Waals surface area contributed by atoms with E-state index in [2.05, 4.69) is 0 Å². The summed E-state index contributed by atoms with van der Waals surface area (Å²) in [6.45, 7) is 4.87. The minimum atomic E-state index is -3.53. The number of hydrogen-bond acceptors (Lipinski definition) is 5. The molecule has 0 spiro atoms. The molecule has 2 unspecified atom stereocenters. The molecular formula is C23H29N3O4S. The molecule has 1 aliphatic carbocycles. The van der Waals surface area contributed by atoms with Crippen LogP contribution in [0.2, 0.25) is 0 Å². The van der Waals surface area contributed by atoms with Crippen molar-refractivity contribution in [2.45, 2.75) is 74.8 Å². The molecule has 5 rings (SSSR count). The molecule has 2 aromatic rings. The first-order chi connectivity index (χ1) is 14.8. The van der Waals surface area contributed by atoms with Gasteiger partial charge in [-0.2, -0.15) is 5.10 Å². The first-order valence-corrected chi connectivity index (χ1v) is 12.9. The zero-order valence-electron chi connectivity index (χ0n) is 18.1. The summed E-state index contributed by atoms with van der Waals surface area (Å²) >= 11 is 0. The van der Waals surface area contributed by atoms with Crippen LogP contribution in [0, 0.1) is 0 Å². The molecule has 3 aliphatic rings. The van der Waals surface area contributed by atoms with Gasteiger partial charge < -0.3 is 9.64 Å². The highest BCUT2D eigenvalue weighted by atomic mass is 32.2. The average molecular weight is 444 g/mol. The number of morpholine rings is 1. The molecule has 31 heavy (non-hydrogen) atoms. The lowest BCUT2D eigenvalue weighted by Crippen LogP contribution is -2.48. The van der Waals surface area contributed by atoms with Gasteiger partial charge in [0, 0.05) is 24.2 Å². The molecule has 3 heterocycles. The Morgan fingerprint density at radius 3 is 2.45 bits per heavy atom. The molecule has 166 valence electrons. The second kappa shape index (κ2) is 7.74. The van der Waals surface area contributed by atoms with Crippen LogP contribution in [0.3, 0.4) is 0 Å². The Labute approximate surface area is 183 Å². The zero-order chi connectivity index (χ0) is 21.8. The maximum Gasteiger partial charge on any atom is 0.274 e. The zero-order valence-corrected chi connectivity index (χ0v) is 18.9. The Bertz CT molecular complexity index is 1110. The summed E-state index contributed by atoms with van der Waals surface area (Å²) in [6, 6.07) is 7.32. The second-order valence-electron chi connectivity index (χ2n) is 9.13. The van der Waals surface area contributed by atoms with Crippen molar-refractivity contribution in [2.75, 3.05) is 13.1 Å². The third kappa shape index (κ3) is 3.59. The van der Waals surface area contributed by atoms with Crippen LogP contribution < -0.4 is 0 Å². The van der Waals surface area contributed by atoms with Crippen LogP contribution in [0.4, 0.5) is 0 Å². The van der Waals surface area contributed by atoms with Crippen LogP contribution in [-0.2, 0) is 20.3 Å². The predicted molar refractivity (Wildman–Crippen MR) is 117 cm³/mol. The molecule has 1 aromatic carbocycles. The van der Waals surface area contributed by atoms with Gasteiger partial charge in [-0.3, -0.25) is 9.48 Å². The Morgan fingerprint density at radius 1 is 1.06 bits per heavy atom. The number of nitrogens with zero attached hydrogens (tertiary/aromatic N) is 3. The van der Waals surface area contributed by atoms with E-state index in [-0.39, 0.29) is 29.9 Å². The molecule has 7 nitrogen and oxygen atoms in total. The summed E-state index contributed by atoms with van der Waals surface area (Å²) in [5.74, 6) is -0.370. The van der Waals surface area contributed by atoms with Crippen LogP contribution in [0.15, 0.2) is 29.2 Å². The van der Waals surface area contributed by atoms with Crippen molar-refractivity contribution in [1.82, 2.24) is 14.7 Å². The topological polar surface area (TPSA) is 81.5 Å². The minimum absolute atomic E-state index is 0.0617. The number of carbonyl (C=O) groups excluding carboxylic acids is 1. The first kappa shape index (κ1) is 20.7. The van der Waals surface area contributed by atoms with Crippen molar-refractivity contribution in [2.24, 2.45) is 0 Å². The van der Waals surface area contributed by atoms with E-state index in [1.807, 2.05) is 30.7 Å². The van der Waals surface area contributed by atoms with Crippen molar-refractivity contribution >= 4 is 15.7 Å². The van der Waals surface area contributed by atoms with Gasteiger partial charge in [-0.25, -0.2) is 8.42 Å². The third-order valence-electron chi connectivity index (χ3n) is 6.65. The fourth-order valence-corrected chi connectivity index (χ4v) is 6.94. The third-order valence-corrected chi connectivity index (χ3v) is 8.34. The van der Waals surface area contributed by atoms with E-state index in [1.54, 1.807) is 17.0 Å². The van der Waals surface area contributed by atoms with Gasteiger partial charge in [0.1, 0.15) is 0 Å². The van der Waals surface area contributed by atoms with Gasteiger partial charge in [0.15, 0.2) is 15.5 Å². The lowest BCUT2D eigenvalue weighted by Gasteiger charge is -2.35. The molecule has 8 heteroatoms. The van der Waals surface area contributed by atoms with Crippen LogP contribution in [0.25, 0.3) is 11.3 Å². The quantitative estimate of drug-likeness (QED) is 0.708. The Hall–Kier alpha value is -2.19. The number of benzene rings is 1. The van der Waals surface area contributed by atoms with Gasteiger partial charge in [0.25, 0.3) is 5.91 Å². The van der Waals surface area contributed by atoms with Crippen LogP contribution in [0.1, 0.15) is 68.0 Å². The van der Waals surface area contributed by atoms with Crippen molar-refractivity contribution < 1.29 is 17.9 Å². The van der Waals surface area contributed by atoms with Gasteiger partial charge in [-0.05, 0) is 32.8 Å². The van der Waals surface area contributed by atoms with Gasteiger partial charge in [-0.15, -0.1) is 0 Å². The molecule has 0 N–H and O–H groups in total. The standard InChI is InChI=1S/C23H29N3O4S/c1-15-12-25(13-16(2)30-15)23(27)21-19-14-31(28,29)20-11-7-6-10-18(20)22(19)26(24-21)17-8-4-3-5-9-17/h6-7,10-11,15-17H,3-5,8-9,12-14H2,1-2H3. The van der Waals surface area contributed by atoms with Crippen molar-refractivity contribution in [3.05, 3.63) is 35.5 Å². The van der Waals surface area contributed by atoms with Crippen LogP contribution in [0.5, 0.6) is 0 Å². The highest BCUT2D eigenvalue weighted by Crippen LogP contribution is 2.42. The number of rotatable bonds is 2. The number of carbonyl (C=O) groups is 1. The summed E-state index contributed by atoms with van der Waals surface area (Å²) in [6.07, 6.45) is 5.34. The summed E-state index contributed by atoms with van der Waals surface area (Å²) in [7, 11) is -3.53. The number of amides is 1. The fourth-order valence-electron chi connectivity index (χ4n) is 5.35. The maximum atomic E-state index is 13.6. The molecular weight excluding hydrogens is 414 g/mol. The summed E-state index contributed by atoms with van der Waals surface area (Å²) in [5.41, 5.74) is 2.33. The molecule has 1 amide bonds. The van der Waals surface area contributed by atoms with E-state index in [4.69, 9.17) is 9.84 Å². The highest BCUT2D eigenvalue weighted by Gasteiger charge is 2.39. The summed E-state index contributed by atoms with van der Waals surface area (Å²) in [5, 5.41) is 4.83. The lowest BCUT2D eigenvalue weighted by atomic mass is 9.95. The number of hydrogen-bond donors (Lipinski definition) is 0. The van der Waals surface area contributed by atoms with Crippen molar-refractivity contribution in [1.29, 1.82) is 0 Å². The second-order valence-corrected chi connectivity index (χ2v) is 11.1. The molecule has 0 bridgehead atoms. The molecule has 1 saturated heterocycles. The van der Waals surface area contributed by atoms with E-state index >= 15 is 0 Å². The SMILES string of the molecule is CC1CN(C(=O)c2nn(C3CCCCC3)c3c2CS(=O)(=O)c2ccccc2-3)CC(C)O1. The number of ether oxygens (including phenoxy) is 1. The van der Waals surface area contributed by atoms with E-state index in [9.17, 15) is 13.2 Å². The van der Waals surface area contributed by atoms with Crippen molar-refractivity contribution in [3.63, 3.8) is 0 Å². The highest BCUT2D eigenvalue weighted by molar-refractivity contribution is 7.90. The number of aromatic nitrogens is 2. The van der Waals surface area contributed by atoms with Gasteiger partial charge >= 0.3 is 0 Å². The summed E-state index contributed by atoms with van der Waals surface area (Å²) in [4.78, 5) is 15.7. The first-order valence-electron chi connectivity index (χ1n) is 11.2. The Balaban J connectivity index is 1.66. The van der Waals surface area contributed by atoms with E-state index in [1.165, 1.54) is 6.42 Å². The van der Waals surface area contributed by atoms with Gasteiger partial charge in [-0.1, -0.05) is 37.5 Å². The number of sulfone groups is 1. The molecule has 2 aliphatic heterocycles. The molecule has 2 fully saturated rings.